The molecule has 0 radical (unpaired) electrons. The van der Waals surface area contributed by atoms with E-state index in [1.54, 1.807) is 11.3 Å². The molecule has 0 fully saturated rings. The molecule has 19 heavy (non-hydrogen) atoms. The summed E-state index contributed by atoms with van der Waals surface area (Å²) < 4.78 is 0. The first kappa shape index (κ1) is 14.0. The minimum atomic E-state index is 0.402. The highest BCUT2D eigenvalue weighted by molar-refractivity contribution is 7.12. The minimum absolute atomic E-state index is 0.402. The number of nitrogens with one attached hydrogen (secondary N) is 1. The molecule has 1 N–H and O–H groups in total. The summed E-state index contributed by atoms with van der Waals surface area (Å²) in [6, 6.07) is 4.22. The van der Waals surface area contributed by atoms with Crippen molar-refractivity contribution in [3.63, 3.8) is 0 Å². The first-order valence-corrected chi connectivity index (χ1v) is 7.53. The van der Waals surface area contributed by atoms with Crippen molar-refractivity contribution in [3.8, 4) is 11.4 Å². The van der Waals surface area contributed by atoms with Crippen molar-refractivity contribution >= 4 is 17.2 Å². The van der Waals surface area contributed by atoms with Crippen LogP contribution in [-0.2, 0) is 0 Å². The van der Waals surface area contributed by atoms with Gasteiger partial charge in [-0.2, -0.15) is 0 Å². The van der Waals surface area contributed by atoms with Gasteiger partial charge in [0.05, 0.1) is 0 Å². The van der Waals surface area contributed by atoms with Crippen molar-refractivity contribution < 1.29 is 0 Å². The van der Waals surface area contributed by atoms with E-state index in [0.29, 0.717) is 5.92 Å². The van der Waals surface area contributed by atoms with E-state index in [0.717, 1.165) is 29.4 Å². The number of nitrogens with zero attached hydrogens (tertiary/aromatic N) is 2. The summed E-state index contributed by atoms with van der Waals surface area (Å²) in [4.78, 5) is 11.9. The van der Waals surface area contributed by atoms with E-state index in [1.165, 1.54) is 9.75 Å². The molecule has 2 aromatic rings. The monoisotopic (exact) mass is 275 g/mol. The van der Waals surface area contributed by atoms with Gasteiger partial charge in [-0.05, 0) is 32.8 Å². The Labute approximate surface area is 119 Å². The van der Waals surface area contributed by atoms with Gasteiger partial charge < -0.3 is 5.32 Å². The molecule has 0 spiro atoms. The highest BCUT2D eigenvalue weighted by Crippen LogP contribution is 2.30. The number of anilines is 1. The predicted molar refractivity (Wildman–Crippen MR) is 83.1 cm³/mol. The van der Waals surface area contributed by atoms with Crippen LogP contribution in [0.4, 0.5) is 5.82 Å². The lowest BCUT2D eigenvalue weighted by molar-refractivity contribution is 0.817. The normalized spacial score (nSPS) is 11.1. The second kappa shape index (κ2) is 5.70. The fourth-order valence-corrected chi connectivity index (χ4v) is 2.93. The predicted octanol–water partition coefficient (Wildman–Crippen LogP) is 4.38. The summed E-state index contributed by atoms with van der Waals surface area (Å²) in [6.45, 7) is 11.5. The zero-order valence-corrected chi connectivity index (χ0v) is 13.1. The number of hydrogen-bond donors (Lipinski definition) is 1. The molecule has 0 saturated carbocycles. The van der Waals surface area contributed by atoms with Crippen LogP contribution in [0, 0.1) is 13.8 Å². The molecule has 0 aliphatic heterocycles. The molecule has 2 aromatic heterocycles. The summed E-state index contributed by atoms with van der Waals surface area (Å²) in [5, 5.41) is 3.29. The highest BCUT2D eigenvalue weighted by atomic mass is 32.1. The van der Waals surface area contributed by atoms with Gasteiger partial charge in [0.2, 0.25) is 0 Å². The molecule has 0 aliphatic rings. The SMILES string of the molecule is CCNc1cc(C(C)C)nc(-c2cc(C)sc2C)n1. The van der Waals surface area contributed by atoms with Gasteiger partial charge in [0.25, 0.3) is 0 Å². The van der Waals surface area contributed by atoms with E-state index in [2.05, 4.69) is 51.0 Å². The topological polar surface area (TPSA) is 37.8 Å². The lowest BCUT2D eigenvalue weighted by Crippen LogP contribution is -2.05. The van der Waals surface area contributed by atoms with Crippen molar-refractivity contribution in [2.24, 2.45) is 0 Å². The Morgan fingerprint density at radius 2 is 1.95 bits per heavy atom. The third-order valence-electron chi connectivity index (χ3n) is 2.98. The van der Waals surface area contributed by atoms with Crippen molar-refractivity contribution in [3.05, 3.63) is 27.6 Å². The maximum Gasteiger partial charge on any atom is 0.162 e. The average Bonchev–Trinajstić information content (AvgIpc) is 2.68. The number of aryl methyl sites for hydroxylation is 2. The Balaban J connectivity index is 2.52. The molecule has 2 rings (SSSR count). The van der Waals surface area contributed by atoms with Crippen LogP contribution >= 0.6 is 11.3 Å². The molecule has 0 aromatic carbocycles. The van der Waals surface area contributed by atoms with Crippen LogP contribution in [0.1, 0.15) is 42.1 Å². The van der Waals surface area contributed by atoms with E-state index in [9.17, 15) is 0 Å². The number of rotatable bonds is 4. The van der Waals surface area contributed by atoms with Gasteiger partial charge in [-0.15, -0.1) is 11.3 Å². The Hall–Kier alpha value is -1.42. The molecule has 0 saturated heterocycles. The maximum atomic E-state index is 4.72. The number of aromatic nitrogens is 2. The molecule has 4 heteroatoms. The quantitative estimate of drug-likeness (QED) is 0.900. The van der Waals surface area contributed by atoms with E-state index >= 15 is 0 Å². The second-order valence-electron chi connectivity index (χ2n) is 5.01. The van der Waals surface area contributed by atoms with Crippen LogP contribution in [-0.4, -0.2) is 16.5 Å². The number of hydrogen-bond acceptors (Lipinski definition) is 4. The Kier molecular flexibility index (Phi) is 4.20. The lowest BCUT2D eigenvalue weighted by Gasteiger charge is -2.10. The fraction of sp³-hybridized carbons (Fsp3) is 0.467. The minimum Gasteiger partial charge on any atom is -0.370 e. The van der Waals surface area contributed by atoms with Gasteiger partial charge >= 0.3 is 0 Å². The van der Waals surface area contributed by atoms with Gasteiger partial charge in [-0.3, -0.25) is 0 Å². The van der Waals surface area contributed by atoms with Crippen LogP contribution in [0.5, 0.6) is 0 Å². The molecule has 2 heterocycles. The Morgan fingerprint density at radius 3 is 2.47 bits per heavy atom. The summed E-state index contributed by atoms with van der Waals surface area (Å²) in [5.74, 6) is 2.16. The van der Waals surface area contributed by atoms with Crippen LogP contribution < -0.4 is 5.32 Å². The fourth-order valence-electron chi connectivity index (χ4n) is 2.01. The van der Waals surface area contributed by atoms with Crippen molar-refractivity contribution in [1.29, 1.82) is 0 Å². The molecule has 102 valence electrons. The summed E-state index contributed by atoms with van der Waals surface area (Å²) >= 11 is 1.80. The molecule has 0 amide bonds. The van der Waals surface area contributed by atoms with E-state index in [4.69, 9.17) is 4.98 Å². The van der Waals surface area contributed by atoms with E-state index in [-0.39, 0.29) is 0 Å². The summed E-state index contributed by atoms with van der Waals surface area (Å²) in [7, 11) is 0. The highest BCUT2D eigenvalue weighted by Gasteiger charge is 2.12. The smallest absolute Gasteiger partial charge is 0.162 e. The van der Waals surface area contributed by atoms with Crippen LogP contribution in [0.25, 0.3) is 11.4 Å². The molecule has 0 atom stereocenters. The van der Waals surface area contributed by atoms with Gasteiger partial charge in [0.1, 0.15) is 5.82 Å². The molecule has 3 nitrogen and oxygen atoms in total. The Bertz CT molecular complexity index is 573. The third-order valence-corrected chi connectivity index (χ3v) is 3.94. The standard InChI is InChI=1S/C15H21N3S/c1-6-16-14-8-13(9(2)3)17-15(18-14)12-7-10(4)19-11(12)5/h7-9H,6H2,1-5H3,(H,16,17,18). The molecule has 0 bridgehead atoms. The van der Waals surface area contributed by atoms with Gasteiger partial charge in [0.15, 0.2) is 5.82 Å². The second-order valence-corrected chi connectivity index (χ2v) is 6.47. The van der Waals surface area contributed by atoms with Crippen molar-refractivity contribution in [2.75, 3.05) is 11.9 Å². The average molecular weight is 275 g/mol. The first-order chi connectivity index (χ1) is 9.01. The van der Waals surface area contributed by atoms with E-state index < -0.39 is 0 Å². The molecular formula is C15H21N3S. The zero-order valence-electron chi connectivity index (χ0n) is 12.2. The van der Waals surface area contributed by atoms with Crippen LogP contribution in [0.3, 0.4) is 0 Å². The van der Waals surface area contributed by atoms with Gasteiger partial charge in [-0.25, -0.2) is 9.97 Å². The third kappa shape index (κ3) is 3.13. The van der Waals surface area contributed by atoms with E-state index in [1.807, 2.05) is 6.07 Å². The molecule has 0 aliphatic carbocycles. The maximum absolute atomic E-state index is 4.72. The van der Waals surface area contributed by atoms with Gasteiger partial charge in [-0.1, -0.05) is 13.8 Å². The summed E-state index contributed by atoms with van der Waals surface area (Å²) in [6.07, 6.45) is 0. The van der Waals surface area contributed by atoms with Gasteiger partial charge in [0, 0.05) is 33.6 Å². The molecule has 0 unspecified atom stereocenters. The zero-order chi connectivity index (χ0) is 14.0. The number of thiophene rings is 1. The lowest BCUT2D eigenvalue weighted by atomic mass is 10.1. The Morgan fingerprint density at radius 1 is 1.21 bits per heavy atom. The van der Waals surface area contributed by atoms with Crippen LogP contribution in [0.2, 0.25) is 0 Å². The van der Waals surface area contributed by atoms with Crippen molar-refractivity contribution in [1.82, 2.24) is 9.97 Å². The largest absolute Gasteiger partial charge is 0.370 e. The summed E-state index contributed by atoms with van der Waals surface area (Å²) in [5.41, 5.74) is 2.24. The molecular weight excluding hydrogens is 254 g/mol. The van der Waals surface area contributed by atoms with Crippen molar-refractivity contribution in [2.45, 2.75) is 40.5 Å². The van der Waals surface area contributed by atoms with Crippen LogP contribution in [0.15, 0.2) is 12.1 Å². The first-order valence-electron chi connectivity index (χ1n) is 6.71.